The topological polar surface area (TPSA) is 80.9 Å². The van der Waals surface area contributed by atoms with Crippen LogP contribution in [0.5, 0.6) is 5.75 Å². The maximum absolute atomic E-state index is 11.3. The minimum absolute atomic E-state index is 0.0103. The molecule has 0 aliphatic carbocycles. The SMILES string of the molecule is COC(=O)c1nn2cc(O)ccc2c1C=O. The average Bonchev–Trinajstić information content (AvgIpc) is 2.65. The second-order valence-corrected chi connectivity index (χ2v) is 3.09. The number of rotatable bonds is 2. The van der Waals surface area contributed by atoms with Crippen LogP contribution in [0.25, 0.3) is 5.52 Å². The van der Waals surface area contributed by atoms with Crippen LogP contribution in [-0.4, -0.2) is 34.1 Å². The average molecular weight is 220 g/mol. The van der Waals surface area contributed by atoms with Gasteiger partial charge in [-0.2, -0.15) is 5.10 Å². The molecule has 0 saturated heterocycles. The highest BCUT2D eigenvalue weighted by Crippen LogP contribution is 2.17. The molecule has 2 rings (SSSR count). The van der Waals surface area contributed by atoms with Crippen molar-refractivity contribution in [3.05, 3.63) is 29.6 Å². The zero-order chi connectivity index (χ0) is 11.7. The molecule has 82 valence electrons. The van der Waals surface area contributed by atoms with Crippen LogP contribution in [0.2, 0.25) is 0 Å². The van der Waals surface area contributed by atoms with Crippen LogP contribution in [0.4, 0.5) is 0 Å². The van der Waals surface area contributed by atoms with Gasteiger partial charge >= 0.3 is 5.97 Å². The van der Waals surface area contributed by atoms with Crippen molar-refractivity contribution in [2.24, 2.45) is 0 Å². The number of methoxy groups -OCH3 is 1. The van der Waals surface area contributed by atoms with E-state index >= 15 is 0 Å². The first-order valence-electron chi connectivity index (χ1n) is 4.42. The number of hydrogen-bond donors (Lipinski definition) is 1. The second-order valence-electron chi connectivity index (χ2n) is 3.09. The monoisotopic (exact) mass is 220 g/mol. The summed E-state index contributed by atoms with van der Waals surface area (Å²) in [4.78, 5) is 22.2. The van der Waals surface area contributed by atoms with Crippen molar-refractivity contribution in [3.8, 4) is 5.75 Å². The van der Waals surface area contributed by atoms with Gasteiger partial charge in [-0.25, -0.2) is 9.31 Å². The number of aromatic nitrogens is 2. The number of carbonyl (C=O) groups excluding carboxylic acids is 2. The lowest BCUT2D eigenvalue weighted by Crippen LogP contribution is -2.04. The standard InChI is InChI=1S/C10H8N2O4/c1-16-10(15)9-7(5-13)8-3-2-6(14)4-12(8)11-9/h2-5,14H,1H3. The maximum Gasteiger partial charge on any atom is 0.359 e. The van der Waals surface area contributed by atoms with Crippen molar-refractivity contribution >= 4 is 17.8 Å². The third-order valence-electron chi connectivity index (χ3n) is 2.15. The number of aldehydes is 1. The van der Waals surface area contributed by atoms with Gasteiger partial charge < -0.3 is 9.84 Å². The molecular formula is C10H8N2O4. The van der Waals surface area contributed by atoms with Crippen LogP contribution in [0.1, 0.15) is 20.8 Å². The minimum atomic E-state index is -0.690. The molecule has 0 atom stereocenters. The van der Waals surface area contributed by atoms with Crippen LogP contribution in [0.3, 0.4) is 0 Å². The number of pyridine rings is 1. The highest BCUT2D eigenvalue weighted by Gasteiger charge is 2.19. The van der Waals surface area contributed by atoms with Crippen molar-refractivity contribution < 1.29 is 19.4 Å². The Hall–Kier alpha value is -2.37. The Bertz CT molecular complexity index is 573. The fourth-order valence-corrected chi connectivity index (χ4v) is 1.42. The van der Waals surface area contributed by atoms with E-state index in [4.69, 9.17) is 0 Å². The third-order valence-corrected chi connectivity index (χ3v) is 2.15. The quantitative estimate of drug-likeness (QED) is 0.593. The summed E-state index contributed by atoms with van der Waals surface area (Å²) in [6.07, 6.45) is 1.83. The van der Waals surface area contributed by atoms with E-state index in [-0.39, 0.29) is 17.0 Å². The van der Waals surface area contributed by atoms with Crippen molar-refractivity contribution in [1.82, 2.24) is 9.61 Å². The van der Waals surface area contributed by atoms with Crippen LogP contribution in [-0.2, 0) is 4.74 Å². The van der Waals surface area contributed by atoms with Crippen LogP contribution < -0.4 is 0 Å². The molecule has 1 N–H and O–H groups in total. The fraction of sp³-hybridized carbons (Fsp3) is 0.100. The smallest absolute Gasteiger partial charge is 0.359 e. The molecule has 0 spiro atoms. The molecule has 6 heteroatoms. The number of carbonyl (C=O) groups is 2. The van der Waals surface area contributed by atoms with E-state index in [9.17, 15) is 14.7 Å². The first-order chi connectivity index (χ1) is 7.67. The molecular weight excluding hydrogens is 212 g/mol. The fourth-order valence-electron chi connectivity index (χ4n) is 1.42. The summed E-state index contributed by atoms with van der Waals surface area (Å²) in [5, 5.41) is 13.1. The van der Waals surface area contributed by atoms with Gasteiger partial charge in [-0.3, -0.25) is 4.79 Å². The second kappa shape index (κ2) is 3.65. The molecule has 16 heavy (non-hydrogen) atoms. The van der Waals surface area contributed by atoms with Crippen molar-refractivity contribution in [2.75, 3.05) is 7.11 Å². The zero-order valence-electron chi connectivity index (χ0n) is 8.38. The lowest BCUT2D eigenvalue weighted by atomic mass is 10.2. The van der Waals surface area contributed by atoms with Crippen LogP contribution in [0.15, 0.2) is 18.3 Å². The summed E-state index contributed by atoms with van der Waals surface area (Å²) in [7, 11) is 1.21. The molecule has 0 amide bonds. The van der Waals surface area contributed by atoms with Gasteiger partial charge in [0.25, 0.3) is 0 Å². The first kappa shape index (κ1) is 10.2. The van der Waals surface area contributed by atoms with E-state index in [2.05, 4.69) is 9.84 Å². The van der Waals surface area contributed by atoms with E-state index in [1.165, 1.54) is 30.0 Å². The van der Waals surface area contributed by atoms with Crippen LogP contribution >= 0.6 is 0 Å². The Kier molecular flexibility index (Phi) is 2.32. The van der Waals surface area contributed by atoms with Gasteiger partial charge in [-0.15, -0.1) is 0 Å². The molecule has 0 unspecified atom stereocenters. The summed E-state index contributed by atoms with van der Waals surface area (Å²) in [6.45, 7) is 0. The zero-order valence-corrected chi connectivity index (χ0v) is 8.38. The largest absolute Gasteiger partial charge is 0.506 e. The lowest BCUT2D eigenvalue weighted by Gasteiger charge is -1.93. The number of hydrogen-bond acceptors (Lipinski definition) is 5. The molecule has 0 aliphatic heterocycles. The van der Waals surface area contributed by atoms with Gasteiger partial charge in [0.05, 0.1) is 24.4 Å². The molecule has 6 nitrogen and oxygen atoms in total. The van der Waals surface area contributed by atoms with E-state index in [1.54, 1.807) is 0 Å². The Balaban J connectivity index is 2.75. The highest BCUT2D eigenvalue weighted by atomic mass is 16.5. The summed E-state index contributed by atoms with van der Waals surface area (Å²) in [5.74, 6) is -0.700. The first-order valence-corrected chi connectivity index (χ1v) is 4.42. The van der Waals surface area contributed by atoms with E-state index < -0.39 is 5.97 Å². The molecule has 0 aliphatic rings. The number of nitrogens with zero attached hydrogens (tertiary/aromatic N) is 2. The molecule has 2 aromatic heterocycles. The summed E-state index contributed by atoms with van der Waals surface area (Å²) >= 11 is 0. The van der Waals surface area contributed by atoms with Gasteiger partial charge in [0.2, 0.25) is 0 Å². The Morgan fingerprint density at radius 3 is 2.94 bits per heavy atom. The number of fused-ring (bicyclic) bond motifs is 1. The summed E-state index contributed by atoms with van der Waals surface area (Å²) in [5.41, 5.74) is 0.517. The van der Waals surface area contributed by atoms with Gasteiger partial charge in [0, 0.05) is 0 Å². The van der Waals surface area contributed by atoms with Crippen molar-refractivity contribution in [2.45, 2.75) is 0 Å². The predicted molar refractivity (Wildman–Crippen MR) is 53.6 cm³/mol. The Labute approximate surface area is 90.1 Å². The number of esters is 1. The van der Waals surface area contributed by atoms with E-state index in [0.717, 1.165) is 0 Å². The van der Waals surface area contributed by atoms with Crippen molar-refractivity contribution in [1.29, 1.82) is 0 Å². The molecule has 0 saturated carbocycles. The van der Waals surface area contributed by atoms with Crippen LogP contribution in [0, 0.1) is 0 Å². The molecule has 0 fully saturated rings. The Morgan fingerprint density at radius 1 is 1.56 bits per heavy atom. The van der Waals surface area contributed by atoms with Crippen molar-refractivity contribution in [3.63, 3.8) is 0 Å². The summed E-state index contributed by atoms with van der Waals surface area (Å²) in [6, 6.07) is 2.91. The predicted octanol–water partition coefficient (Wildman–Crippen LogP) is 0.639. The van der Waals surface area contributed by atoms with Gasteiger partial charge in [-0.05, 0) is 12.1 Å². The molecule has 0 aromatic carbocycles. The van der Waals surface area contributed by atoms with E-state index in [1.807, 2.05) is 0 Å². The lowest BCUT2D eigenvalue weighted by molar-refractivity contribution is 0.0591. The normalized spacial score (nSPS) is 10.3. The molecule has 2 aromatic rings. The van der Waals surface area contributed by atoms with Gasteiger partial charge in [0.15, 0.2) is 12.0 Å². The number of aromatic hydroxyl groups is 1. The van der Waals surface area contributed by atoms with E-state index in [0.29, 0.717) is 11.8 Å². The summed E-state index contributed by atoms with van der Waals surface area (Å²) < 4.78 is 5.76. The Morgan fingerprint density at radius 2 is 2.31 bits per heavy atom. The molecule has 2 heterocycles. The highest BCUT2D eigenvalue weighted by molar-refractivity contribution is 6.01. The third kappa shape index (κ3) is 1.40. The minimum Gasteiger partial charge on any atom is -0.506 e. The van der Waals surface area contributed by atoms with Gasteiger partial charge in [0.1, 0.15) is 5.75 Å². The number of ether oxygens (including phenoxy) is 1. The molecule has 0 radical (unpaired) electrons. The maximum atomic E-state index is 11.3. The van der Waals surface area contributed by atoms with Gasteiger partial charge in [-0.1, -0.05) is 0 Å². The molecule has 0 bridgehead atoms.